The van der Waals surface area contributed by atoms with Crippen molar-refractivity contribution in [3.8, 4) is 5.75 Å². The van der Waals surface area contributed by atoms with Gasteiger partial charge in [0.05, 0.1) is 11.5 Å². The molecule has 1 heterocycles. The van der Waals surface area contributed by atoms with E-state index < -0.39 is 4.92 Å². The molecule has 0 atom stereocenters. The molecule has 1 aromatic carbocycles. The molecular formula is C15H17N3O3. The Bertz CT molecular complexity index is 602. The van der Waals surface area contributed by atoms with Gasteiger partial charge < -0.3 is 10.1 Å². The van der Waals surface area contributed by atoms with Gasteiger partial charge in [-0.25, -0.2) is 0 Å². The fraction of sp³-hybridized carbons (Fsp3) is 0.267. The van der Waals surface area contributed by atoms with Gasteiger partial charge in [-0.3, -0.25) is 15.1 Å². The molecule has 0 aliphatic heterocycles. The van der Waals surface area contributed by atoms with Crippen LogP contribution >= 0.6 is 0 Å². The summed E-state index contributed by atoms with van der Waals surface area (Å²) >= 11 is 0. The zero-order chi connectivity index (χ0) is 15.1. The van der Waals surface area contributed by atoms with Gasteiger partial charge in [0.25, 0.3) is 0 Å². The van der Waals surface area contributed by atoms with Crippen molar-refractivity contribution < 1.29 is 9.66 Å². The first-order chi connectivity index (χ1) is 10.2. The lowest BCUT2D eigenvalue weighted by Crippen LogP contribution is -2.07. The summed E-state index contributed by atoms with van der Waals surface area (Å²) in [7, 11) is 0. The molecule has 0 fully saturated rings. The topological polar surface area (TPSA) is 77.3 Å². The summed E-state index contributed by atoms with van der Waals surface area (Å²) in [5, 5.41) is 14.2. The van der Waals surface area contributed by atoms with Gasteiger partial charge in [-0.05, 0) is 31.2 Å². The number of hydrogen-bond acceptors (Lipinski definition) is 5. The maximum Gasteiger partial charge on any atom is 0.333 e. The molecule has 0 radical (unpaired) electrons. The highest BCUT2D eigenvalue weighted by atomic mass is 16.6. The second-order valence-electron chi connectivity index (χ2n) is 4.36. The van der Waals surface area contributed by atoms with Crippen LogP contribution in [0.4, 0.5) is 11.4 Å². The van der Waals surface area contributed by atoms with E-state index in [2.05, 4.69) is 10.3 Å². The van der Waals surface area contributed by atoms with Crippen molar-refractivity contribution in [1.82, 2.24) is 4.98 Å². The van der Waals surface area contributed by atoms with E-state index in [9.17, 15) is 10.1 Å². The molecule has 0 amide bonds. The number of ether oxygens (including phenoxy) is 1. The predicted octanol–water partition coefficient (Wildman–Crippen LogP) is 3.04. The zero-order valence-corrected chi connectivity index (χ0v) is 11.8. The molecule has 0 saturated heterocycles. The lowest BCUT2D eigenvalue weighted by molar-refractivity contribution is -0.385. The first-order valence-electron chi connectivity index (χ1n) is 6.76. The minimum absolute atomic E-state index is 0.0274. The van der Waals surface area contributed by atoms with Crippen LogP contribution in [0.2, 0.25) is 0 Å². The summed E-state index contributed by atoms with van der Waals surface area (Å²) < 4.78 is 5.57. The normalized spacial score (nSPS) is 10.1. The van der Waals surface area contributed by atoms with Crippen molar-refractivity contribution >= 4 is 11.4 Å². The van der Waals surface area contributed by atoms with Gasteiger partial charge in [0.2, 0.25) is 0 Å². The summed E-state index contributed by atoms with van der Waals surface area (Å²) in [6.45, 7) is 2.84. The van der Waals surface area contributed by atoms with Gasteiger partial charge in [0.15, 0.2) is 5.75 Å². The van der Waals surface area contributed by atoms with E-state index in [4.69, 9.17) is 4.74 Å². The fourth-order valence-corrected chi connectivity index (χ4v) is 1.97. The number of nitro benzene ring substituents is 1. The molecule has 0 aliphatic rings. The molecule has 0 saturated carbocycles. The molecule has 110 valence electrons. The maximum absolute atomic E-state index is 11.2. The summed E-state index contributed by atoms with van der Waals surface area (Å²) in [6, 6.07) is 10.7. The minimum atomic E-state index is -0.423. The van der Waals surface area contributed by atoms with E-state index in [1.807, 2.05) is 25.1 Å². The van der Waals surface area contributed by atoms with Crippen LogP contribution in [0, 0.1) is 10.1 Å². The molecular weight excluding hydrogens is 270 g/mol. The Morgan fingerprint density at radius 2 is 2.14 bits per heavy atom. The van der Waals surface area contributed by atoms with E-state index in [-0.39, 0.29) is 11.4 Å². The molecule has 0 aliphatic carbocycles. The van der Waals surface area contributed by atoms with Gasteiger partial charge in [-0.2, -0.15) is 0 Å². The molecule has 6 heteroatoms. The fourth-order valence-electron chi connectivity index (χ4n) is 1.97. The zero-order valence-electron chi connectivity index (χ0n) is 11.8. The van der Waals surface area contributed by atoms with Crippen molar-refractivity contribution in [2.45, 2.75) is 13.3 Å². The highest BCUT2D eigenvalue weighted by Crippen LogP contribution is 2.34. The Labute approximate surface area is 122 Å². The van der Waals surface area contributed by atoms with Crippen molar-refractivity contribution in [3.63, 3.8) is 0 Å². The number of anilines is 1. The van der Waals surface area contributed by atoms with E-state index in [1.165, 1.54) is 0 Å². The number of nitrogens with one attached hydrogen (secondary N) is 1. The third kappa shape index (κ3) is 3.92. The number of nitro groups is 1. The monoisotopic (exact) mass is 287 g/mol. The number of rotatable bonds is 7. The molecule has 1 N–H and O–H groups in total. The molecule has 0 unspecified atom stereocenters. The van der Waals surface area contributed by atoms with Crippen molar-refractivity contribution in [3.05, 3.63) is 58.4 Å². The van der Waals surface area contributed by atoms with Crippen molar-refractivity contribution in [2.24, 2.45) is 0 Å². The largest absolute Gasteiger partial charge is 0.486 e. The number of benzene rings is 1. The summed E-state index contributed by atoms with van der Waals surface area (Å²) in [5.41, 5.74) is 1.33. The SMILES string of the molecule is CCNc1cccc(OCCc2ccccn2)c1[N+](=O)[O-]. The lowest BCUT2D eigenvalue weighted by Gasteiger charge is -2.10. The van der Waals surface area contributed by atoms with Gasteiger partial charge in [-0.1, -0.05) is 12.1 Å². The quantitative estimate of drug-likeness (QED) is 0.625. The van der Waals surface area contributed by atoms with E-state index >= 15 is 0 Å². The number of aromatic nitrogens is 1. The van der Waals surface area contributed by atoms with Crippen LogP contribution in [0.5, 0.6) is 5.75 Å². The number of nitrogens with zero attached hydrogens (tertiary/aromatic N) is 2. The Morgan fingerprint density at radius 3 is 2.81 bits per heavy atom. The molecule has 2 rings (SSSR count). The smallest absolute Gasteiger partial charge is 0.333 e. The van der Waals surface area contributed by atoms with Crippen LogP contribution in [0.15, 0.2) is 42.6 Å². The van der Waals surface area contributed by atoms with Crippen LogP contribution in [0.3, 0.4) is 0 Å². The molecule has 1 aromatic heterocycles. The Hall–Kier alpha value is -2.63. The first-order valence-corrected chi connectivity index (χ1v) is 6.76. The summed E-state index contributed by atoms with van der Waals surface area (Å²) in [6.07, 6.45) is 2.31. The number of hydrogen-bond donors (Lipinski definition) is 1. The van der Waals surface area contributed by atoms with Crippen LogP contribution in [0.1, 0.15) is 12.6 Å². The molecule has 2 aromatic rings. The average Bonchev–Trinajstić information content (AvgIpc) is 2.48. The first kappa shape index (κ1) is 14.8. The van der Waals surface area contributed by atoms with E-state index in [0.29, 0.717) is 25.3 Å². The predicted molar refractivity (Wildman–Crippen MR) is 80.7 cm³/mol. The van der Waals surface area contributed by atoms with Gasteiger partial charge in [-0.15, -0.1) is 0 Å². The standard InChI is InChI=1S/C15H17N3O3/c1-2-16-13-7-5-8-14(15(13)18(19)20)21-11-9-12-6-3-4-10-17-12/h3-8,10,16H,2,9,11H2,1H3. The van der Waals surface area contributed by atoms with Crippen LogP contribution in [0.25, 0.3) is 0 Å². The second-order valence-corrected chi connectivity index (χ2v) is 4.36. The van der Waals surface area contributed by atoms with Gasteiger partial charge >= 0.3 is 5.69 Å². The number of para-hydroxylation sites is 1. The number of pyridine rings is 1. The van der Waals surface area contributed by atoms with Crippen molar-refractivity contribution in [2.75, 3.05) is 18.5 Å². The molecule has 0 spiro atoms. The third-order valence-electron chi connectivity index (χ3n) is 2.89. The summed E-state index contributed by atoms with van der Waals surface area (Å²) in [5.74, 6) is 0.273. The average molecular weight is 287 g/mol. The molecule has 0 bridgehead atoms. The van der Waals surface area contributed by atoms with E-state index in [1.54, 1.807) is 24.4 Å². The lowest BCUT2D eigenvalue weighted by atomic mass is 10.2. The highest BCUT2D eigenvalue weighted by molar-refractivity contribution is 5.68. The Morgan fingerprint density at radius 1 is 1.29 bits per heavy atom. The van der Waals surface area contributed by atoms with Gasteiger partial charge in [0, 0.05) is 24.9 Å². The highest BCUT2D eigenvalue weighted by Gasteiger charge is 2.20. The van der Waals surface area contributed by atoms with Crippen LogP contribution < -0.4 is 10.1 Å². The van der Waals surface area contributed by atoms with Crippen LogP contribution in [-0.4, -0.2) is 23.1 Å². The van der Waals surface area contributed by atoms with Crippen molar-refractivity contribution in [1.29, 1.82) is 0 Å². The molecule has 6 nitrogen and oxygen atoms in total. The Balaban J connectivity index is 2.08. The Kier molecular flexibility index (Phi) is 5.09. The van der Waals surface area contributed by atoms with E-state index in [0.717, 1.165) is 5.69 Å². The second kappa shape index (κ2) is 7.23. The minimum Gasteiger partial charge on any atom is -0.486 e. The molecule has 21 heavy (non-hydrogen) atoms. The summed E-state index contributed by atoms with van der Waals surface area (Å²) in [4.78, 5) is 15.0. The third-order valence-corrected chi connectivity index (χ3v) is 2.89. The van der Waals surface area contributed by atoms with Gasteiger partial charge in [0.1, 0.15) is 5.69 Å². The maximum atomic E-state index is 11.2. The van der Waals surface area contributed by atoms with Crippen LogP contribution in [-0.2, 0) is 6.42 Å².